The Morgan fingerprint density at radius 1 is 1.27 bits per heavy atom. The van der Waals surface area contributed by atoms with Gasteiger partial charge in [0.1, 0.15) is 0 Å². The molecule has 5 nitrogen and oxygen atoms in total. The SMILES string of the molecule is CCCC1O[P+](=O)O[P+](=O)O1. The van der Waals surface area contributed by atoms with Gasteiger partial charge in [0.05, 0.1) is 0 Å². The second kappa shape index (κ2) is 4.19. The van der Waals surface area contributed by atoms with E-state index in [0.717, 1.165) is 6.42 Å². The van der Waals surface area contributed by atoms with Crippen LogP contribution in [-0.4, -0.2) is 6.29 Å². The Bertz CT molecular complexity index is 165. The lowest BCUT2D eigenvalue weighted by atomic mass is 10.3. The molecule has 0 amide bonds. The second-order valence-electron chi connectivity index (χ2n) is 1.96. The lowest BCUT2D eigenvalue weighted by Crippen LogP contribution is -2.12. The second-order valence-corrected chi connectivity index (χ2v) is 3.93. The molecule has 0 spiro atoms. The summed E-state index contributed by atoms with van der Waals surface area (Å²) in [6.45, 7) is 1.92. The van der Waals surface area contributed by atoms with E-state index in [1.54, 1.807) is 0 Å². The topological polar surface area (TPSA) is 61.8 Å². The molecule has 1 aliphatic heterocycles. The van der Waals surface area contributed by atoms with Crippen LogP contribution in [0.1, 0.15) is 19.8 Å². The van der Waals surface area contributed by atoms with Crippen LogP contribution >= 0.6 is 16.5 Å². The molecule has 2 atom stereocenters. The van der Waals surface area contributed by atoms with Crippen molar-refractivity contribution in [2.24, 2.45) is 0 Å². The summed E-state index contributed by atoms with van der Waals surface area (Å²) >= 11 is 0. The maximum Gasteiger partial charge on any atom is 0.750 e. The van der Waals surface area contributed by atoms with E-state index in [0.29, 0.717) is 6.42 Å². The Morgan fingerprint density at radius 3 is 2.27 bits per heavy atom. The zero-order valence-corrected chi connectivity index (χ0v) is 7.72. The van der Waals surface area contributed by atoms with Gasteiger partial charge in [0.25, 0.3) is 6.29 Å². The molecule has 7 heteroatoms. The third-order valence-electron chi connectivity index (χ3n) is 1.06. The Balaban J connectivity index is 2.43. The number of rotatable bonds is 2. The normalized spacial score (nSPS) is 32.3. The third-order valence-corrected chi connectivity index (χ3v) is 2.95. The Hall–Kier alpha value is 0.0800. The van der Waals surface area contributed by atoms with E-state index in [1.807, 2.05) is 6.92 Å². The van der Waals surface area contributed by atoms with Crippen molar-refractivity contribution in [1.29, 1.82) is 0 Å². The molecule has 1 heterocycles. The van der Waals surface area contributed by atoms with Gasteiger partial charge in [-0.2, -0.15) is 0 Å². The molecule has 0 saturated carbocycles. The smallest absolute Gasteiger partial charge is 0.0789 e. The van der Waals surface area contributed by atoms with Crippen LogP contribution < -0.4 is 0 Å². The summed E-state index contributed by atoms with van der Waals surface area (Å²) in [5.41, 5.74) is 0. The molecule has 1 saturated heterocycles. The fraction of sp³-hybridized carbons (Fsp3) is 1.00. The van der Waals surface area contributed by atoms with E-state index >= 15 is 0 Å². The predicted molar refractivity (Wildman–Crippen MR) is 37.2 cm³/mol. The van der Waals surface area contributed by atoms with Gasteiger partial charge in [-0.05, 0) is 0 Å². The minimum absolute atomic E-state index is 0.575. The van der Waals surface area contributed by atoms with Crippen molar-refractivity contribution in [2.75, 3.05) is 0 Å². The van der Waals surface area contributed by atoms with Gasteiger partial charge in [-0.3, -0.25) is 0 Å². The molecule has 1 aliphatic rings. The minimum Gasteiger partial charge on any atom is -0.0789 e. The summed E-state index contributed by atoms with van der Waals surface area (Å²) in [5.74, 6) is 0. The standard InChI is InChI=1S/C4H8O5P2/c1-2-3-4-7-10(5)9-11(6)8-4/h4H,2-3H2,1H3/q+2. The molecule has 11 heavy (non-hydrogen) atoms. The van der Waals surface area contributed by atoms with Crippen LogP contribution in [0.3, 0.4) is 0 Å². The molecule has 0 bridgehead atoms. The van der Waals surface area contributed by atoms with Gasteiger partial charge in [-0.25, -0.2) is 0 Å². The molecule has 62 valence electrons. The van der Waals surface area contributed by atoms with Crippen LogP contribution in [0.25, 0.3) is 0 Å². The average molecular weight is 198 g/mol. The van der Waals surface area contributed by atoms with E-state index in [2.05, 4.69) is 13.4 Å². The summed E-state index contributed by atoms with van der Waals surface area (Å²) in [6.07, 6.45) is 0.753. The highest BCUT2D eigenvalue weighted by Crippen LogP contribution is 2.47. The van der Waals surface area contributed by atoms with Gasteiger partial charge in [0.15, 0.2) is 4.31 Å². The fourth-order valence-electron chi connectivity index (χ4n) is 0.645. The number of hydrogen-bond donors (Lipinski definition) is 0. The van der Waals surface area contributed by atoms with Crippen LogP contribution in [-0.2, 0) is 22.5 Å². The highest BCUT2D eigenvalue weighted by Gasteiger charge is 2.51. The molecule has 0 aromatic rings. The molecule has 0 aromatic heterocycles. The van der Waals surface area contributed by atoms with Crippen molar-refractivity contribution in [3.8, 4) is 0 Å². The van der Waals surface area contributed by atoms with Crippen molar-refractivity contribution in [1.82, 2.24) is 0 Å². The van der Waals surface area contributed by atoms with Crippen molar-refractivity contribution in [3.63, 3.8) is 0 Å². The fourth-order valence-corrected chi connectivity index (χ4v) is 2.14. The van der Waals surface area contributed by atoms with Crippen molar-refractivity contribution in [2.45, 2.75) is 26.1 Å². The molecule has 1 rings (SSSR count). The highest BCUT2D eigenvalue weighted by atomic mass is 31.2. The summed E-state index contributed by atoms with van der Waals surface area (Å²) in [5, 5.41) is 0. The first-order valence-corrected chi connectivity index (χ1v) is 5.37. The summed E-state index contributed by atoms with van der Waals surface area (Å²) in [7, 11) is -4.48. The molecule has 0 radical (unpaired) electrons. The van der Waals surface area contributed by atoms with Gasteiger partial charge < -0.3 is 0 Å². The van der Waals surface area contributed by atoms with Gasteiger partial charge in [0.2, 0.25) is 0 Å². The zero-order chi connectivity index (χ0) is 8.27. The van der Waals surface area contributed by atoms with E-state index < -0.39 is 22.8 Å². The van der Waals surface area contributed by atoms with Crippen LogP contribution in [0.2, 0.25) is 0 Å². The van der Waals surface area contributed by atoms with E-state index in [4.69, 9.17) is 0 Å². The first-order chi connectivity index (χ1) is 5.22. The predicted octanol–water partition coefficient (Wildman–Crippen LogP) is 2.49. The maximum atomic E-state index is 10.6. The highest BCUT2D eigenvalue weighted by molar-refractivity contribution is 7.48. The summed E-state index contributed by atoms with van der Waals surface area (Å²) in [6, 6.07) is 0. The molecule has 2 unspecified atom stereocenters. The van der Waals surface area contributed by atoms with Gasteiger partial charge >= 0.3 is 16.5 Å². The Morgan fingerprint density at radius 2 is 1.82 bits per heavy atom. The lowest BCUT2D eigenvalue weighted by Gasteiger charge is -2.01. The zero-order valence-electron chi connectivity index (χ0n) is 5.93. The molecular weight excluding hydrogens is 190 g/mol. The van der Waals surface area contributed by atoms with Crippen molar-refractivity contribution in [3.05, 3.63) is 0 Å². The van der Waals surface area contributed by atoms with Crippen molar-refractivity contribution >= 4 is 16.5 Å². The van der Waals surface area contributed by atoms with E-state index in [9.17, 15) is 9.13 Å². The van der Waals surface area contributed by atoms with Gasteiger partial charge in [-0.15, -0.1) is 0 Å². The first-order valence-electron chi connectivity index (χ1n) is 3.18. The molecule has 0 aromatic carbocycles. The van der Waals surface area contributed by atoms with Crippen LogP contribution in [0.5, 0.6) is 0 Å². The quantitative estimate of drug-likeness (QED) is 0.637. The van der Waals surface area contributed by atoms with Crippen LogP contribution in [0.15, 0.2) is 0 Å². The first kappa shape index (κ1) is 9.17. The number of hydrogen-bond acceptors (Lipinski definition) is 5. The average Bonchev–Trinajstić information content (AvgIpc) is 1.85. The summed E-state index contributed by atoms with van der Waals surface area (Å²) < 4.78 is 34.8. The largest absolute Gasteiger partial charge is 0.750 e. The lowest BCUT2D eigenvalue weighted by molar-refractivity contribution is -0.0210. The minimum atomic E-state index is -2.24. The monoisotopic (exact) mass is 198 g/mol. The molecule has 0 N–H and O–H groups in total. The van der Waals surface area contributed by atoms with Crippen molar-refractivity contribution < 1.29 is 22.5 Å². The summed E-state index contributed by atoms with van der Waals surface area (Å²) in [4.78, 5) is 0. The molecule has 0 aliphatic carbocycles. The van der Waals surface area contributed by atoms with Crippen LogP contribution in [0.4, 0.5) is 0 Å². The van der Waals surface area contributed by atoms with Crippen LogP contribution in [0, 0.1) is 0 Å². The molecule has 1 fully saturated rings. The van der Waals surface area contributed by atoms with E-state index in [-0.39, 0.29) is 0 Å². The Kier molecular flexibility index (Phi) is 3.49. The van der Waals surface area contributed by atoms with E-state index in [1.165, 1.54) is 0 Å². The molecular formula is C4H8O5P2+2. The van der Waals surface area contributed by atoms with Gasteiger partial charge in [0, 0.05) is 15.6 Å². The third kappa shape index (κ3) is 2.89. The van der Waals surface area contributed by atoms with Gasteiger partial charge in [-0.1, -0.05) is 22.4 Å². The maximum absolute atomic E-state index is 10.6. The Labute approximate surface area is 65.9 Å².